The number of carbonyl (C=O) groups excluding carboxylic acids is 1. The predicted octanol–water partition coefficient (Wildman–Crippen LogP) is 0.729. The molecule has 1 heterocycles. The standard InChI is InChI=1S/C15H19NO5/c1-9-3-4-12(5-10(9)2)21-8-14(18)16-7-11(17)6-13(16)15(19)20/h3-5,11,13,17H,6-8H2,1-2H3,(H,19,20). The molecule has 114 valence electrons. The fourth-order valence-electron chi connectivity index (χ4n) is 2.36. The molecule has 2 N–H and O–H groups in total. The van der Waals surface area contributed by atoms with E-state index < -0.39 is 24.0 Å². The fourth-order valence-corrected chi connectivity index (χ4v) is 2.36. The summed E-state index contributed by atoms with van der Waals surface area (Å²) >= 11 is 0. The third-order valence-electron chi connectivity index (χ3n) is 3.73. The van der Waals surface area contributed by atoms with Crippen molar-refractivity contribution >= 4 is 11.9 Å². The number of ether oxygens (including phenoxy) is 1. The fraction of sp³-hybridized carbons (Fsp3) is 0.467. The average molecular weight is 293 g/mol. The highest BCUT2D eigenvalue weighted by molar-refractivity contribution is 5.85. The minimum atomic E-state index is -1.11. The van der Waals surface area contributed by atoms with Gasteiger partial charge in [0.2, 0.25) is 0 Å². The summed E-state index contributed by atoms with van der Waals surface area (Å²) in [5.74, 6) is -0.971. The second-order valence-corrected chi connectivity index (χ2v) is 5.32. The van der Waals surface area contributed by atoms with E-state index in [9.17, 15) is 14.7 Å². The summed E-state index contributed by atoms with van der Waals surface area (Å²) in [5, 5.41) is 18.6. The van der Waals surface area contributed by atoms with Crippen LogP contribution in [0.4, 0.5) is 0 Å². The zero-order chi connectivity index (χ0) is 15.6. The van der Waals surface area contributed by atoms with Gasteiger partial charge in [-0.3, -0.25) is 4.79 Å². The number of aliphatic carboxylic acids is 1. The molecule has 6 nitrogen and oxygen atoms in total. The highest BCUT2D eigenvalue weighted by atomic mass is 16.5. The van der Waals surface area contributed by atoms with Crippen molar-refractivity contribution < 1.29 is 24.5 Å². The van der Waals surface area contributed by atoms with Crippen LogP contribution in [0.25, 0.3) is 0 Å². The van der Waals surface area contributed by atoms with Gasteiger partial charge < -0.3 is 19.8 Å². The molecule has 1 aliphatic rings. The van der Waals surface area contributed by atoms with Gasteiger partial charge >= 0.3 is 5.97 Å². The lowest BCUT2D eigenvalue weighted by atomic mass is 10.1. The van der Waals surface area contributed by atoms with Gasteiger partial charge in [0.1, 0.15) is 11.8 Å². The Kier molecular flexibility index (Phi) is 4.47. The first-order chi connectivity index (χ1) is 9.88. The molecule has 6 heteroatoms. The summed E-state index contributed by atoms with van der Waals surface area (Å²) in [6.45, 7) is 3.72. The van der Waals surface area contributed by atoms with Crippen molar-refractivity contribution in [2.24, 2.45) is 0 Å². The highest BCUT2D eigenvalue weighted by Crippen LogP contribution is 2.20. The Bertz CT molecular complexity index is 557. The quantitative estimate of drug-likeness (QED) is 0.854. The lowest BCUT2D eigenvalue weighted by Gasteiger charge is -2.21. The SMILES string of the molecule is Cc1ccc(OCC(=O)N2CC(O)CC2C(=O)O)cc1C. The van der Waals surface area contributed by atoms with Gasteiger partial charge in [-0.2, -0.15) is 0 Å². The van der Waals surface area contributed by atoms with E-state index in [0.717, 1.165) is 16.0 Å². The van der Waals surface area contributed by atoms with Gasteiger partial charge in [-0.25, -0.2) is 4.79 Å². The van der Waals surface area contributed by atoms with Crippen molar-refractivity contribution in [3.8, 4) is 5.75 Å². The Balaban J connectivity index is 1.97. The van der Waals surface area contributed by atoms with Crippen LogP contribution in [0.3, 0.4) is 0 Å². The van der Waals surface area contributed by atoms with E-state index in [1.54, 1.807) is 6.07 Å². The van der Waals surface area contributed by atoms with Crippen LogP contribution < -0.4 is 4.74 Å². The van der Waals surface area contributed by atoms with E-state index >= 15 is 0 Å². The third-order valence-corrected chi connectivity index (χ3v) is 3.73. The number of carbonyl (C=O) groups is 2. The van der Waals surface area contributed by atoms with Gasteiger partial charge in [-0.1, -0.05) is 6.07 Å². The monoisotopic (exact) mass is 293 g/mol. The summed E-state index contributed by atoms with van der Waals surface area (Å²) in [6, 6.07) is 4.52. The molecule has 0 radical (unpaired) electrons. The number of aliphatic hydroxyl groups excluding tert-OH is 1. The molecule has 1 fully saturated rings. The normalized spacial score (nSPS) is 21.4. The number of hydrogen-bond acceptors (Lipinski definition) is 4. The number of β-amino-alcohol motifs (C(OH)–C–C–N with tert-alkyl or cyclic N) is 1. The molecule has 1 amide bonds. The van der Waals surface area contributed by atoms with Crippen LogP contribution in [0.5, 0.6) is 5.75 Å². The molecule has 0 saturated carbocycles. The molecule has 2 unspecified atom stereocenters. The van der Waals surface area contributed by atoms with Crippen LogP contribution in [0, 0.1) is 13.8 Å². The van der Waals surface area contributed by atoms with Gasteiger partial charge in [0.05, 0.1) is 6.10 Å². The van der Waals surface area contributed by atoms with Crippen LogP contribution in [0.15, 0.2) is 18.2 Å². The number of hydrogen-bond donors (Lipinski definition) is 2. The van der Waals surface area contributed by atoms with Crippen LogP contribution in [-0.2, 0) is 9.59 Å². The van der Waals surface area contributed by atoms with Gasteiger partial charge in [-0.05, 0) is 37.1 Å². The topological polar surface area (TPSA) is 87.1 Å². The van der Waals surface area contributed by atoms with E-state index in [0.29, 0.717) is 5.75 Å². The van der Waals surface area contributed by atoms with E-state index in [1.165, 1.54) is 0 Å². The van der Waals surface area contributed by atoms with E-state index in [2.05, 4.69) is 0 Å². The van der Waals surface area contributed by atoms with Crippen molar-refractivity contribution in [1.29, 1.82) is 0 Å². The van der Waals surface area contributed by atoms with Gasteiger partial charge in [0.25, 0.3) is 5.91 Å². The number of aryl methyl sites for hydroxylation is 2. The number of amides is 1. The first-order valence-electron chi connectivity index (χ1n) is 6.79. The predicted molar refractivity (Wildman–Crippen MR) is 75.2 cm³/mol. The van der Waals surface area contributed by atoms with Crippen LogP contribution in [0.2, 0.25) is 0 Å². The van der Waals surface area contributed by atoms with Crippen LogP contribution in [-0.4, -0.2) is 52.3 Å². The summed E-state index contributed by atoms with van der Waals surface area (Å²) in [6.07, 6.45) is -0.735. The number of rotatable bonds is 4. The molecule has 2 rings (SSSR count). The molecular weight excluding hydrogens is 274 g/mol. The third kappa shape index (κ3) is 3.52. The summed E-state index contributed by atoms with van der Waals surface area (Å²) in [4.78, 5) is 24.3. The molecule has 0 bridgehead atoms. The Morgan fingerprint density at radius 2 is 2.05 bits per heavy atom. The number of carboxylic acid groups (broad SMARTS) is 1. The molecule has 2 atom stereocenters. The van der Waals surface area contributed by atoms with Gasteiger partial charge in [-0.15, -0.1) is 0 Å². The van der Waals surface area contributed by atoms with E-state index in [1.807, 2.05) is 26.0 Å². The molecule has 1 aliphatic heterocycles. The lowest BCUT2D eigenvalue weighted by Crippen LogP contribution is -2.42. The Hall–Kier alpha value is -2.08. The Morgan fingerprint density at radius 3 is 2.67 bits per heavy atom. The van der Waals surface area contributed by atoms with Gasteiger partial charge in [0.15, 0.2) is 6.61 Å². The number of likely N-dealkylation sites (tertiary alicyclic amines) is 1. The molecule has 0 aromatic heterocycles. The molecular formula is C15H19NO5. The van der Waals surface area contributed by atoms with E-state index in [-0.39, 0.29) is 19.6 Å². The maximum atomic E-state index is 12.1. The summed E-state index contributed by atoms with van der Waals surface area (Å²) < 4.78 is 5.41. The first-order valence-corrected chi connectivity index (χ1v) is 6.79. The lowest BCUT2D eigenvalue weighted by molar-refractivity contribution is -0.148. The summed E-state index contributed by atoms with van der Waals surface area (Å²) in [5.41, 5.74) is 2.18. The molecule has 0 aliphatic carbocycles. The maximum absolute atomic E-state index is 12.1. The van der Waals surface area contributed by atoms with Crippen LogP contribution >= 0.6 is 0 Å². The van der Waals surface area contributed by atoms with Crippen molar-refractivity contribution in [2.75, 3.05) is 13.2 Å². The second kappa shape index (κ2) is 6.13. The van der Waals surface area contributed by atoms with E-state index in [4.69, 9.17) is 9.84 Å². The molecule has 0 spiro atoms. The smallest absolute Gasteiger partial charge is 0.326 e. The number of nitrogens with zero attached hydrogens (tertiary/aromatic N) is 1. The highest BCUT2D eigenvalue weighted by Gasteiger charge is 2.38. The molecule has 1 aromatic rings. The largest absolute Gasteiger partial charge is 0.484 e. The zero-order valence-corrected chi connectivity index (χ0v) is 12.1. The van der Waals surface area contributed by atoms with Crippen molar-refractivity contribution in [3.05, 3.63) is 29.3 Å². The Morgan fingerprint density at radius 1 is 1.33 bits per heavy atom. The average Bonchev–Trinajstić information content (AvgIpc) is 2.82. The number of aliphatic hydroxyl groups is 1. The number of benzene rings is 1. The molecule has 1 aromatic carbocycles. The first kappa shape index (κ1) is 15.3. The van der Waals surface area contributed by atoms with Crippen LogP contribution in [0.1, 0.15) is 17.5 Å². The van der Waals surface area contributed by atoms with Crippen molar-refractivity contribution in [3.63, 3.8) is 0 Å². The van der Waals surface area contributed by atoms with Gasteiger partial charge in [0, 0.05) is 13.0 Å². The Labute approximate surface area is 122 Å². The van der Waals surface area contributed by atoms with Crippen molar-refractivity contribution in [1.82, 2.24) is 4.90 Å². The zero-order valence-electron chi connectivity index (χ0n) is 12.1. The minimum Gasteiger partial charge on any atom is -0.484 e. The minimum absolute atomic E-state index is 0.0338. The summed E-state index contributed by atoms with van der Waals surface area (Å²) in [7, 11) is 0. The van der Waals surface area contributed by atoms with Crippen molar-refractivity contribution in [2.45, 2.75) is 32.4 Å². The molecule has 21 heavy (non-hydrogen) atoms. The molecule has 1 saturated heterocycles. The second-order valence-electron chi connectivity index (χ2n) is 5.32. The number of carboxylic acids is 1. The maximum Gasteiger partial charge on any atom is 0.326 e.